The van der Waals surface area contributed by atoms with Crippen LogP contribution in [0.2, 0.25) is 0 Å². The van der Waals surface area contributed by atoms with Crippen LogP contribution in [0.4, 0.5) is 0 Å². The minimum absolute atomic E-state index is 0.760. The topological polar surface area (TPSA) is 18.5 Å². The molecule has 2 nitrogen and oxygen atoms in total. The molecule has 0 bridgehead atoms. The highest BCUT2D eigenvalue weighted by Crippen LogP contribution is 2.24. The summed E-state index contributed by atoms with van der Waals surface area (Å²) in [4.78, 5) is 0. The summed E-state index contributed by atoms with van der Waals surface area (Å²) in [6, 6.07) is 16.3. The van der Waals surface area contributed by atoms with Gasteiger partial charge in [-0.3, -0.25) is 0 Å². The van der Waals surface area contributed by atoms with Crippen molar-refractivity contribution in [2.75, 3.05) is 13.7 Å². The Balaban J connectivity index is 1.90. The van der Waals surface area contributed by atoms with Crippen LogP contribution in [0.15, 0.2) is 61.2 Å². The summed E-state index contributed by atoms with van der Waals surface area (Å²) in [6.45, 7) is 4.48. The Hall–Kier alpha value is -2.22. The van der Waals surface area contributed by atoms with E-state index in [4.69, 9.17) is 9.47 Å². The molecule has 0 aliphatic carbocycles. The number of allylic oxidation sites excluding steroid dienone is 1. The van der Waals surface area contributed by atoms with Crippen LogP contribution < -0.4 is 9.47 Å². The maximum Gasteiger partial charge on any atom is 0.119 e. The fourth-order valence-corrected chi connectivity index (χ4v) is 2.11. The molecule has 0 heterocycles. The molecule has 0 saturated carbocycles. The third-order valence-corrected chi connectivity index (χ3v) is 3.35. The van der Waals surface area contributed by atoms with Crippen molar-refractivity contribution in [2.45, 2.75) is 19.3 Å². The zero-order chi connectivity index (χ0) is 14.9. The predicted molar refractivity (Wildman–Crippen MR) is 88.0 cm³/mol. The normalized spacial score (nSPS) is 10.1. The number of unbranched alkanes of at least 4 members (excludes halogenated alkanes) is 2. The zero-order valence-corrected chi connectivity index (χ0v) is 12.5. The van der Waals surface area contributed by atoms with Crippen LogP contribution >= 0.6 is 0 Å². The van der Waals surface area contributed by atoms with Gasteiger partial charge in [0.1, 0.15) is 11.5 Å². The number of methoxy groups -OCH3 is 1. The second-order valence-electron chi connectivity index (χ2n) is 4.89. The van der Waals surface area contributed by atoms with Gasteiger partial charge in [-0.15, -0.1) is 6.58 Å². The Morgan fingerprint density at radius 1 is 0.857 bits per heavy atom. The van der Waals surface area contributed by atoms with E-state index in [1.54, 1.807) is 7.11 Å². The molecule has 0 fully saturated rings. The van der Waals surface area contributed by atoms with Gasteiger partial charge in [0.15, 0.2) is 0 Å². The van der Waals surface area contributed by atoms with Crippen LogP contribution in [-0.2, 0) is 0 Å². The van der Waals surface area contributed by atoms with Crippen LogP contribution in [0.25, 0.3) is 11.1 Å². The van der Waals surface area contributed by atoms with Gasteiger partial charge in [-0.1, -0.05) is 30.3 Å². The summed E-state index contributed by atoms with van der Waals surface area (Å²) >= 11 is 0. The molecule has 0 spiro atoms. The highest BCUT2D eigenvalue weighted by Gasteiger charge is 1.99. The van der Waals surface area contributed by atoms with Crippen LogP contribution in [0.5, 0.6) is 11.5 Å². The fourth-order valence-electron chi connectivity index (χ4n) is 2.11. The van der Waals surface area contributed by atoms with Crippen LogP contribution in [0.3, 0.4) is 0 Å². The zero-order valence-electron chi connectivity index (χ0n) is 12.5. The third-order valence-electron chi connectivity index (χ3n) is 3.35. The average molecular weight is 282 g/mol. The summed E-state index contributed by atoms with van der Waals surface area (Å²) in [5.74, 6) is 1.80. The van der Waals surface area contributed by atoms with Gasteiger partial charge in [0, 0.05) is 0 Å². The van der Waals surface area contributed by atoms with E-state index in [0.717, 1.165) is 37.4 Å². The SMILES string of the molecule is C=CCCCCOc1ccc(-c2ccc(OC)cc2)cc1. The van der Waals surface area contributed by atoms with Crippen LogP contribution in [0, 0.1) is 0 Å². The van der Waals surface area contributed by atoms with Gasteiger partial charge in [0.05, 0.1) is 13.7 Å². The lowest BCUT2D eigenvalue weighted by Crippen LogP contribution is -1.96. The van der Waals surface area contributed by atoms with E-state index in [9.17, 15) is 0 Å². The molecule has 2 heteroatoms. The van der Waals surface area contributed by atoms with E-state index in [0.29, 0.717) is 0 Å². The van der Waals surface area contributed by atoms with Crippen molar-refractivity contribution in [3.05, 3.63) is 61.2 Å². The number of hydrogen-bond acceptors (Lipinski definition) is 2. The molecule has 0 saturated heterocycles. The van der Waals surface area contributed by atoms with E-state index in [1.165, 1.54) is 11.1 Å². The first-order valence-corrected chi connectivity index (χ1v) is 7.31. The molecule has 0 aromatic heterocycles. The standard InChI is InChI=1S/C19H22O2/c1-3-4-5-6-15-21-19-13-9-17(10-14-19)16-7-11-18(20-2)12-8-16/h3,7-14H,1,4-6,15H2,2H3. The Bertz CT molecular complexity index is 541. The first kappa shape index (κ1) is 15.2. The monoisotopic (exact) mass is 282 g/mol. The molecule has 2 aromatic rings. The van der Waals surface area contributed by atoms with Gasteiger partial charge in [-0.2, -0.15) is 0 Å². The van der Waals surface area contributed by atoms with Gasteiger partial charge in [-0.25, -0.2) is 0 Å². The number of ether oxygens (including phenoxy) is 2. The molecule has 0 aliphatic rings. The summed E-state index contributed by atoms with van der Waals surface area (Å²) in [5.41, 5.74) is 2.35. The molecule has 0 N–H and O–H groups in total. The Labute approximate surface area is 127 Å². The average Bonchev–Trinajstić information content (AvgIpc) is 2.55. The number of hydrogen-bond donors (Lipinski definition) is 0. The number of benzene rings is 2. The van der Waals surface area contributed by atoms with Crippen molar-refractivity contribution >= 4 is 0 Å². The second kappa shape index (κ2) is 8.15. The predicted octanol–water partition coefficient (Wildman–Crippen LogP) is 5.10. The maximum atomic E-state index is 5.73. The second-order valence-corrected chi connectivity index (χ2v) is 4.89. The summed E-state index contributed by atoms with van der Waals surface area (Å²) < 4.78 is 10.9. The summed E-state index contributed by atoms with van der Waals surface area (Å²) in [7, 11) is 1.68. The Morgan fingerprint density at radius 3 is 1.95 bits per heavy atom. The quantitative estimate of drug-likeness (QED) is 0.495. The van der Waals surface area contributed by atoms with Crippen molar-refractivity contribution in [2.24, 2.45) is 0 Å². The van der Waals surface area contributed by atoms with E-state index < -0.39 is 0 Å². The highest BCUT2D eigenvalue weighted by atomic mass is 16.5. The first-order chi connectivity index (χ1) is 10.3. The summed E-state index contributed by atoms with van der Waals surface area (Å²) in [6.07, 6.45) is 5.20. The molecule has 0 amide bonds. The molecule has 0 radical (unpaired) electrons. The lowest BCUT2D eigenvalue weighted by molar-refractivity contribution is 0.307. The molecule has 0 aliphatic heterocycles. The Kier molecular flexibility index (Phi) is 5.89. The van der Waals surface area contributed by atoms with E-state index in [-0.39, 0.29) is 0 Å². The third kappa shape index (κ3) is 4.67. The highest BCUT2D eigenvalue weighted by molar-refractivity contribution is 5.64. The van der Waals surface area contributed by atoms with Crippen molar-refractivity contribution < 1.29 is 9.47 Å². The van der Waals surface area contributed by atoms with Crippen molar-refractivity contribution in [1.82, 2.24) is 0 Å². The molecule has 110 valence electrons. The van der Waals surface area contributed by atoms with Crippen LogP contribution in [0.1, 0.15) is 19.3 Å². The summed E-state index contributed by atoms with van der Waals surface area (Å²) in [5, 5.41) is 0. The van der Waals surface area contributed by atoms with Gasteiger partial charge in [0.2, 0.25) is 0 Å². The smallest absolute Gasteiger partial charge is 0.119 e. The number of rotatable bonds is 8. The molecule has 2 rings (SSSR count). The molecule has 2 aromatic carbocycles. The molecule has 0 unspecified atom stereocenters. The van der Waals surface area contributed by atoms with E-state index in [2.05, 4.69) is 30.8 Å². The molecular formula is C19H22O2. The molecular weight excluding hydrogens is 260 g/mol. The van der Waals surface area contributed by atoms with Gasteiger partial charge in [0.25, 0.3) is 0 Å². The van der Waals surface area contributed by atoms with Gasteiger partial charge in [-0.05, 0) is 54.7 Å². The Morgan fingerprint density at radius 2 is 1.43 bits per heavy atom. The molecule has 0 atom stereocenters. The van der Waals surface area contributed by atoms with Crippen molar-refractivity contribution in [1.29, 1.82) is 0 Å². The fraction of sp³-hybridized carbons (Fsp3) is 0.263. The lowest BCUT2D eigenvalue weighted by atomic mass is 10.1. The largest absolute Gasteiger partial charge is 0.497 e. The van der Waals surface area contributed by atoms with Gasteiger partial charge >= 0.3 is 0 Å². The van der Waals surface area contributed by atoms with E-state index >= 15 is 0 Å². The van der Waals surface area contributed by atoms with Crippen molar-refractivity contribution in [3.63, 3.8) is 0 Å². The lowest BCUT2D eigenvalue weighted by Gasteiger charge is -2.07. The maximum absolute atomic E-state index is 5.73. The van der Waals surface area contributed by atoms with Crippen LogP contribution in [-0.4, -0.2) is 13.7 Å². The van der Waals surface area contributed by atoms with Crippen molar-refractivity contribution in [3.8, 4) is 22.6 Å². The van der Waals surface area contributed by atoms with Gasteiger partial charge < -0.3 is 9.47 Å². The first-order valence-electron chi connectivity index (χ1n) is 7.31. The minimum atomic E-state index is 0.760. The van der Waals surface area contributed by atoms with E-state index in [1.807, 2.05) is 30.3 Å². The minimum Gasteiger partial charge on any atom is -0.497 e. The molecule has 21 heavy (non-hydrogen) atoms.